The van der Waals surface area contributed by atoms with Crippen LogP contribution in [-0.4, -0.2) is 43.0 Å². The lowest BCUT2D eigenvalue weighted by molar-refractivity contribution is -0.126. The number of carbonyl (C=O) groups excluding carboxylic acids is 1. The number of nitrogens with one attached hydrogen (secondary N) is 2. The first kappa shape index (κ1) is 15.5. The Morgan fingerprint density at radius 1 is 1.32 bits per heavy atom. The Bertz CT molecular complexity index is 490. The number of hydrogen-bond acceptors (Lipinski definition) is 3. The maximum Gasteiger partial charge on any atom is 0.224 e. The summed E-state index contributed by atoms with van der Waals surface area (Å²) in [5.74, 6) is 0.831. The Kier molecular flexibility index (Phi) is 5.11. The van der Waals surface area contributed by atoms with Gasteiger partial charge in [0.2, 0.25) is 5.91 Å². The van der Waals surface area contributed by atoms with Crippen LogP contribution in [0.1, 0.15) is 25.3 Å². The molecule has 3 rings (SSSR count). The van der Waals surface area contributed by atoms with Gasteiger partial charge in [-0.05, 0) is 37.4 Å². The molecule has 2 saturated heterocycles. The first-order valence-electron chi connectivity index (χ1n) is 8.50. The van der Waals surface area contributed by atoms with Crippen LogP contribution in [0.15, 0.2) is 30.3 Å². The summed E-state index contributed by atoms with van der Waals surface area (Å²) in [6, 6.07) is 10.9. The highest BCUT2D eigenvalue weighted by Gasteiger charge is 2.31. The van der Waals surface area contributed by atoms with Gasteiger partial charge < -0.3 is 10.6 Å². The molecule has 4 nitrogen and oxygen atoms in total. The molecule has 1 aromatic carbocycles. The quantitative estimate of drug-likeness (QED) is 0.888. The standard InChI is InChI=1S/C18H27N3O/c1-14-10-19-11-17(14)18(22)20-16-8-5-9-21(13-16)12-15-6-3-2-4-7-15/h2-4,6-7,14,16-17,19H,5,8-13H2,1H3,(H,20,22)/t14-,16?,17-/m1/s1. The third-order valence-electron chi connectivity index (χ3n) is 4.96. The highest BCUT2D eigenvalue weighted by Crippen LogP contribution is 2.18. The van der Waals surface area contributed by atoms with Gasteiger partial charge in [0.25, 0.3) is 0 Å². The van der Waals surface area contributed by atoms with E-state index in [4.69, 9.17) is 0 Å². The van der Waals surface area contributed by atoms with Gasteiger partial charge in [0.15, 0.2) is 0 Å². The second-order valence-corrected chi connectivity index (χ2v) is 6.81. The van der Waals surface area contributed by atoms with Crippen molar-refractivity contribution in [2.45, 2.75) is 32.4 Å². The fourth-order valence-corrected chi connectivity index (χ4v) is 3.63. The molecule has 0 spiro atoms. The van der Waals surface area contributed by atoms with Crippen LogP contribution in [0.4, 0.5) is 0 Å². The van der Waals surface area contributed by atoms with Crippen molar-refractivity contribution in [2.24, 2.45) is 11.8 Å². The van der Waals surface area contributed by atoms with E-state index in [0.717, 1.165) is 45.6 Å². The van der Waals surface area contributed by atoms with Crippen molar-refractivity contribution in [3.63, 3.8) is 0 Å². The second-order valence-electron chi connectivity index (χ2n) is 6.81. The molecule has 0 radical (unpaired) electrons. The van der Waals surface area contributed by atoms with Crippen LogP contribution < -0.4 is 10.6 Å². The first-order chi connectivity index (χ1) is 10.7. The van der Waals surface area contributed by atoms with Gasteiger partial charge in [-0.25, -0.2) is 0 Å². The summed E-state index contributed by atoms with van der Waals surface area (Å²) >= 11 is 0. The average Bonchev–Trinajstić information content (AvgIpc) is 2.95. The molecule has 1 unspecified atom stereocenters. The van der Waals surface area contributed by atoms with E-state index >= 15 is 0 Å². The van der Waals surface area contributed by atoms with Gasteiger partial charge in [-0.3, -0.25) is 9.69 Å². The van der Waals surface area contributed by atoms with Crippen LogP contribution in [0.5, 0.6) is 0 Å². The average molecular weight is 301 g/mol. The van der Waals surface area contributed by atoms with Gasteiger partial charge in [-0.1, -0.05) is 37.3 Å². The lowest BCUT2D eigenvalue weighted by atomic mass is 9.96. The summed E-state index contributed by atoms with van der Waals surface area (Å²) < 4.78 is 0. The van der Waals surface area contributed by atoms with Crippen molar-refractivity contribution in [1.82, 2.24) is 15.5 Å². The van der Waals surface area contributed by atoms with Crippen molar-refractivity contribution in [3.05, 3.63) is 35.9 Å². The maximum absolute atomic E-state index is 12.4. The van der Waals surface area contributed by atoms with Crippen LogP contribution in [0.3, 0.4) is 0 Å². The van der Waals surface area contributed by atoms with E-state index in [1.54, 1.807) is 0 Å². The molecule has 3 atom stereocenters. The van der Waals surface area contributed by atoms with E-state index in [-0.39, 0.29) is 11.8 Å². The Balaban J connectivity index is 1.51. The lowest BCUT2D eigenvalue weighted by Crippen LogP contribution is -2.49. The van der Waals surface area contributed by atoms with Crippen molar-refractivity contribution >= 4 is 5.91 Å². The summed E-state index contributed by atoms with van der Waals surface area (Å²) in [5.41, 5.74) is 1.35. The minimum atomic E-state index is 0.143. The number of nitrogens with zero attached hydrogens (tertiary/aromatic N) is 1. The summed E-state index contributed by atoms with van der Waals surface area (Å²) in [7, 11) is 0. The van der Waals surface area contributed by atoms with Crippen LogP contribution >= 0.6 is 0 Å². The molecule has 2 aliphatic heterocycles. The van der Waals surface area contributed by atoms with Crippen molar-refractivity contribution in [1.29, 1.82) is 0 Å². The molecule has 2 heterocycles. The Morgan fingerprint density at radius 2 is 2.14 bits per heavy atom. The zero-order valence-electron chi connectivity index (χ0n) is 13.4. The third kappa shape index (κ3) is 3.87. The lowest BCUT2D eigenvalue weighted by Gasteiger charge is -2.34. The molecule has 0 aliphatic carbocycles. The largest absolute Gasteiger partial charge is 0.352 e. The molecule has 4 heteroatoms. The number of carbonyl (C=O) groups is 1. The Labute approximate surface area is 133 Å². The van der Waals surface area contributed by atoms with Crippen LogP contribution in [-0.2, 0) is 11.3 Å². The molecule has 2 N–H and O–H groups in total. The molecule has 120 valence electrons. The zero-order valence-corrected chi connectivity index (χ0v) is 13.4. The van der Waals surface area contributed by atoms with E-state index in [2.05, 4.69) is 52.8 Å². The van der Waals surface area contributed by atoms with E-state index in [1.807, 2.05) is 0 Å². The fourth-order valence-electron chi connectivity index (χ4n) is 3.63. The Hall–Kier alpha value is -1.39. The van der Waals surface area contributed by atoms with Crippen molar-refractivity contribution in [3.8, 4) is 0 Å². The van der Waals surface area contributed by atoms with Crippen LogP contribution in [0.25, 0.3) is 0 Å². The SMILES string of the molecule is C[C@@H]1CNC[C@H]1C(=O)NC1CCCN(Cc2ccccc2)C1. The van der Waals surface area contributed by atoms with Gasteiger partial charge >= 0.3 is 0 Å². The Morgan fingerprint density at radius 3 is 2.86 bits per heavy atom. The third-order valence-corrected chi connectivity index (χ3v) is 4.96. The molecule has 2 fully saturated rings. The summed E-state index contributed by atoms with van der Waals surface area (Å²) in [6.07, 6.45) is 2.27. The minimum Gasteiger partial charge on any atom is -0.352 e. The molecule has 1 aromatic rings. The monoisotopic (exact) mass is 301 g/mol. The van der Waals surface area contributed by atoms with Gasteiger partial charge in [0, 0.05) is 25.7 Å². The predicted octanol–water partition coefficient (Wildman–Crippen LogP) is 1.62. The highest BCUT2D eigenvalue weighted by atomic mass is 16.2. The summed E-state index contributed by atoms with van der Waals surface area (Å²) in [6.45, 7) is 7.02. The number of amides is 1. The summed E-state index contributed by atoms with van der Waals surface area (Å²) in [4.78, 5) is 14.9. The van der Waals surface area contributed by atoms with Crippen molar-refractivity contribution < 1.29 is 4.79 Å². The van der Waals surface area contributed by atoms with Crippen LogP contribution in [0, 0.1) is 11.8 Å². The zero-order chi connectivity index (χ0) is 15.4. The molecular formula is C18H27N3O. The van der Waals surface area contributed by atoms with E-state index in [1.165, 1.54) is 5.56 Å². The smallest absolute Gasteiger partial charge is 0.224 e. The van der Waals surface area contributed by atoms with Gasteiger partial charge in [-0.2, -0.15) is 0 Å². The second kappa shape index (κ2) is 7.25. The number of benzene rings is 1. The minimum absolute atomic E-state index is 0.143. The van der Waals surface area contributed by atoms with Gasteiger partial charge in [0.1, 0.15) is 0 Å². The first-order valence-corrected chi connectivity index (χ1v) is 8.50. The maximum atomic E-state index is 12.4. The number of hydrogen-bond donors (Lipinski definition) is 2. The molecule has 0 aromatic heterocycles. The molecule has 1 amide bonds. The molecule has 2 aliphatic rings. The molecular weight excluding hydrogens is 274 g/mol. The topological polar surface area (TPSA) is 44.4 Å². The van der Waals surface area contributed by atoms with Gasteiger partial charge in [-0.15, -0.1) is 0 Å². The fraction of sp³-hybridized carbons (Fsp3) is 0.611. The summed E-state index contributed by atoms with van der Waals surface area (Å²) in [5, 5.41) is 6.60. The number of piperidine rings is 1. The van der Waals surface area contributed by atoms with E-state index in [0.29, 0.717) is 12.0 Å². The molecule has 0 saturated carbocycles. The van der Waals surface area contributed by atoms with E-state index in [9.17, 15) is 4.79 Å². The predicted molar refractivity (Wildman–Crippen MR) is 88.4 cm³/mol. The number of likely N-dealkylation sites (tertiary alicyclic amines) is 1. The molecule has 22 heavy (non-hydrogen) atoms. The van der Waals surface area contributed by atoms with Crippen LogP contribution in [0.2, 0.25) is 0 Å². The molecule has 0 bridgehead atoms. The van der Waals surface area contributed by atoms with Gasteiger partial charge in [0.05, 0.1) is 5.92 Å². The highest BCUT2D eigenvalue weighted by molar-refractivity contribution is 5.79. The number of rotatable bonds is 4. The van der Waals surface area contributed by atoms with Crippen molar-refractivity contribution in [2.75, 3.05) is 26.2 Å². The van der Waals surface area contributed by atoms with E-state index < -0.39 is 0 Å². The normalized spacial score (nSPS) is 29.4.